The van der Waals surface area contributed by atoms with Gasteiger partial charge in [-0.25, -0.2) is 0 Å². The average molecular weight is 793 g/mol. The van der Waals surface area contributed by atoms with E-state index in [0.29, 0.717) is 0 Å². The highest BCUT2D eigenvalue weighted by atomic mass is 32.2. The molecule has 12 rings (SSSR count). The van der Waals surface area contributed by atoms with Crippen molar-refractivity contribution < 1.29 is 8.98 Å². The minimum Gasteiger partial charge on any atom is -0.456 e. The van der Waals surface area contributed by atoms with E-state index in [2.05, 4.69) is 125 Å². The minimum absolute atomic E-state index is 0.739. The number of para-hydroxylation sites is 1. The Bertz CT molecular complexity index is 3290. The zero-order valence-corrected chi connectivity index (χ0v) is 33.3. The van der Waals surface area contributed by atoms with Crippen molar-refractivity contribution in [3.8, 4) is 33.4 Å². The average Bonchev–Trinajstić information content (AvgIpc) is 3.68. The third-order valence-electron chi connectivity index (χ3n) is 12.2. The number of fused-ring (bicyclic) bond motifs is 11. The predicted octanol–water partition coefficient (Wildman–Crippen LogP) is 12.2. The Balaban J connectivity index is 1.17. The molecule has 0 N–H and O–H groups in total. The van der Waals surface area contributed by atoms with Gasteiger partial charge in [0.25, 0.3) is 0 Å². The van der Waals surface area contributed by atoms with E-state index in [0.717, 1.165) is 87.3 Å². The van der Waals surface area contributed by atoms with Crippen molar-refractivity contribution in [1.82, 2.24) is 9.97 Å². The fourth-order valence-electron chi connectivity index (χ4n) is 9.58. The quantitative estimate of drug-likeness (QED) is 0.166. The number of furan rings is 1. The molecular weight excluding hydrogens is 760 g/mol. The number of benzene rings is 7. The van der Waals surface area contributed by atoms with Crippen LogP contribution in [0.5, 0.6) is 0 Å². The molecule has 2 aliphatic rings. The zero-order chi connectivity index (χ0) is 39.1. The molecule has 4 nitrogen and oxygen atoms in total. The second-order valence-corrected chi connectivity index (χ2v) is 19.0. The van der Waals surface area contributed by atoms with Crippen molar-refractivity contribution in [2.24, 2.45) is 0 Å². The smallest absolute Gasteiger partial charge is 0.171 e. The van der Waals surface area contributed by atoms with Gasteiger partial charge in [0.1, 0.15) is 11.2 Å². The van der Waals surface area contributed by atoms with Gasteiger partial charge >= 0.3 is 0 Å². The molecule has 0 saturated heterocycles. The van der Waals surface area contributed by atoms with Gasteiger partial charge in [-0.15, -0.1) is 0 Å². The Hall–Kier alpha value is -6.78. The van der Waals surface area contributed by atoms with Gasteiger partial charge in [-0.1, -0.05) is 127 Å². The van der Waals surface area contributed by atoms with Crippen LogP contribution in [0, 0.1) is 0 Å². The number of pyridine rings is 2. The van der Waals surface area contributed by atoms with Crippen LogP contribution in [0.15, 0.2) is 215 Å². The van der Waals surface area contributed by atoms with Crippen molar-refractivity contribution in [2.45, 2.75) is 15.2 Å². The number of hydrogen-bond donors (Lipinski definition) is 0. The molecule has 2 atom stereocenters. The zero-order valence-electron chi connectivity index (χ0n) is 31.6. The molecule has 0 aliphatic carbocycles. The fourth-order valence-corrected chi connectivity index (χ4v) is 14.0. The minimum atomic E-state index is -3.41. The lowest BCUT2D eigenvalue weighted by molar-refractivity contribution is 0.589. The van der Waals surface area contributed by atoms with E-state index in [4.69, 9.17) is 4.42 Å². The van der Waals surface area contributed by atoms with Gasteiger partial charge in [0.05, 0.1) is 5.41 Å². The molecule has 59 heavy (non-hydrogen) atoms. The molecule has 5 heterocycles. The standard InChI is InChI=1S/C53H33N2O2PS/c56-58(40-14-2-1-3-15-40)49-20-8-5-17-43(49)53(46-30-42-41-16-4-7-19-47(41)57-48(42)31-50(46)58)44-18-6-9-21-51(44)59-52-29-34(22-23-45(52)53)37-26-38(35-12-10-24-54-32-35)28-39(27-37)36-13-11-25-55-33-36/h1-33H. The highest BCUT2D eigenvalue weighted by Gasteiger charge is 2.54. The molecule has 1 spiro atoms. The van der Waals surface area contributed by atoms with Crippen LogP contribution >= 0.6 is 18.9 Å². The molecule has 6 heteroatoms. The van der Waals surface area contributed by atoms with Crippen LogP contribution in [0.2, 0.25) is 0 Å². The van der Waals surface area contributed by atoms with Gasteiger partial charge in [0.2, 0.25) is 0 Å². The summed E-state index contributed by atoms with van der Waals surface area (Å²) in [6.07, 6.45) is 7.46. The number of nitrogens with zero attached hydrogens (tertiary/aromatic N) is 2. The molecular formula is C53H33N2O2PS. The number of rotatable bonds is 4. The SMILES string of the molecule is O=P1(c2ccccc2)c2ccccc2C2(c3ccccc3Sc3cc(-c4cc(-c5cccnc5)cc(-c5cccnc5)c4)ccc32)c2cc3c(cc21)oc1ccccc13. The van der Waals surface area contributed by atoms with Gasteiger partial charge in [-0.05, 0) is 105 Å². The largest absolute Gasteiger partial charge is 0.456 e. The molecule has 7 aromatic carbocycles. The summed E-state index contributed by atoms with van der Waals surface area (Å²) in [7, 11) is -3.41. The van der Waals surface area contributed by atoms with Crippen LogP contribution in [-0.4, -0.2) is 9.97 Å². The lowest BCUT2D eigenvalue weighted by atomic mass is 9.64. The first-order valence-corrected chi connectivity index (χ1v) is 22.2. The van der Waals surface area contributed by atoms with Crippen molar-refractivity contribution >= 4 is 56.8 Å². The van der Waals surface area contributed by atoms with Crippen molar-refractivity contribution in [2.75, 3.05) is 0 Å². The van der Waals surface area contributed by atoms with Gasteiger partial charge < -0.3 is 8.98 Å². The summed E-state index contributed by atoms with van der Waals surface area (Å²) in [4.78, 5) is 11.2. The maximum Gasteiger partial charge on any atom is 0.171 e. The maximum absolute atomic E-state index is 16.5. The van der Waals surface area contributed by atoms with Crippen LogP contribution in [0.3, 0.4) is 0 Å². The van der Waals surface area contributed by atoms with Crippen molar-refractivity contribution in [3.05, 3.63) is 223 Å². The van der Waals surface area contributed by atoms with Crippen molar-refractivity contribution in [3.63, 3.8) is 0 Å². The summed E-state index contributed by atoms with van der Waals surface area (Å²) in [5, 5.41) is 4.54. The second kappa shape index (κ2) is 13.1. The first kappa shape index (κ1) is 34.3. The summed E-state index contributed by atoms with van der Waals surface area (Å²) in [5.74, 6) is 0. The molecule has 278 valence electrons. The lowest BCUT2D eigenvalue weighted by Crippen LogP contribution is -2.48. The topological polar surface area (TPSA) is 56.0 Å². The Morgan fingerprint density at radius 3 is 1.83 bits per heavy atom. The third kappa shape index (κ3) is 5.02. The predicted molar refractivity (Wildman–Crippen MR) is 241 cm³/mol. The van der Waals surface area contributed by atoms with E-state index >= 15 is 4.57 Å². The molecule has 0 amide bonds. The highest BCUT2D eigenvalue weighted by molar-refractivity contribution is 7.99. The van der Waals surface area contributed by atoms with E-state index in [-0.39, 0.29) is 0 Å². The molecule has 0 saturated carbocycles. The van der Waals surface area contributed by atoms with E-state index in [9.17, 15) is 0 Å². The summed E-state index contributed by atoms with van der Waals surface area (Å²) in [6, 6.07) is 61.7. The van der Waals surface area contributed by atoms with E-state index in [1.54, 1.807) is 11.8 Å². The van der Waals surface area contributed by atoms with E-state index in [1.165, 1.54) is 16.0 Å². The third-order valence-corrected chi connectivity index (χ3v) is 16.4. The Kier molecular flexibility index (Phi) is 7.62. The van der Waals surface area contributed by atoms with E-state index < -0.39 is 12.6 Å². The van der Waals surface area contributed by atoms with Crippen LogP contribution in [0.4, 0.5) is 0 Å². The van der Waals surface area contributed by atoms with Gasteiger partial charge in [0.15, 0.2) is 7.14 Å². The van der Waals surface area contributed by atoms with Crippen molar-refractivity contribution in [1.29, 1.82) is 0 Å². The molecule has 0 bridgehead atoms. The van der Waals surface area contributed by atoms with Crippen LogP contribution in [-0.2, 0) is 9.98 Å². The van der Waals surface area contributed by atoms with Gasteiger partial charge in [0, 0.05) is 72.4 Å². The van der Waals surface area contributed by atoms with Gasteiger partial charge in [-0.3, -0.25) is 9.97 Å². The van der Waals surface area contributed by atoms with Crippen LogP contribution in [0.1, 0.15) is 22.3 Å². The summed E-state index contributed by atoms with van der Waals surface area (Å²) >= 11 is 1.81. The summed E-state index contributed by atoms with van der Waals surface area (Å²) < 4.78 is 23.0. The molecule has 2 unspecified atom stereocenters. The number of aromatic nitrogens is 2. The first-order chi connectivity index (χ1) is 29.1. The molecule has 2 aliphatic heterocycles. The Morgan fingerprint density at radius 1 is 0.441 bits per heavy atom. The fraction of sp³-hybridized carbons (Fsp3) is 0.0189. The van der Waals surface area contributed by atoms with E-state index in [1.807, 2.05) is 85.5 Å². The number of hydrogen-bond acceptors (Lipinski definition) is 5. The molecule has 10 aromatic rings. The maximum atomic E-state index is 16.5. The highest BCUT2D eigenvalue weighted by Crippen LogP contribution is 2.62. The molecule has 0 radical (unpaired) electrons. The van der Waals surface area contributed by atoms with Crippen LogP contribution < -0.4 is 15.9 Å². The monoisotopic (exact) mass is 792 g/mol. The lowest BCUT2D eigenvalue weighted by Gasteiger charge is -2.47. The van der Waals surface area contributed by atoms with Gasteiger partial charge in [-0.2, -0.15) is 0 Å². The first-order valence-electron chi connectivity index (χ1n) is 19.7. The normalized spacial score (nSPS) is 17.6. The van der Waals surface area contributed by atoms with Crippen LogP contribution in [0.25, 0.3) is 55.3 Å². The second-order valence-electron chi connectivity index (χ2n) is 15.3. The summed E-state index contributed by atoms with van der Waals surface area (Å²) in [5.41, 5.74) is 11.7. The molecule has 0 fully saturated rings. The Morgan fingerprint density at radius 2 is 1.08 bits per heavy atom. The molecule has 3 aromatic heterocycles. The summed E-state index contributed by atoms with van der Waals surface area (Å²) in [6.45, 7) is 0. The Labute approximate surface area is 345 Å².